The first-order chi connectivity index (χ1) is 7.45. The van der Waals surface area contributed by atoms with E-state index in [0.717, 1.165) is 12.8 Å². The van der Waals surface area contributed by atoms with Gasteiger partial charge in [0.15, 0.2) is 0 Å². The van der Waals surface area contributed by atoms with Crippen molar-refractivity contribution < 1.29 is 18.6 Å². The lowest BCUT2D eigenvalue weighted by atomic mass is 10.0. The second-order valence-electron chi connectivity index (χ2n) is 4.27. The molecule has 0 saturated carbocycles. The van der Waals surface area contributed by atoms with Gasteiger partial charge >= 0.3 is 0 Å². The smallest absolute Gasteiger partial charge is 0.279 e. The van der Waals surface area contributed by atoms with Gasteiger partial charge < -0.3 is 10.2 Å². The Labute approximate surface area is 96.4 Å². The third-order valence-electron chi connectivity index (χ3n) is 2.79. The topological polar surface area (TPSA) is 89.9 Å². The molecule has 1 rings (SSSR count). The summed E-state index contributed by atoms with van der Waals surface area (Å²) >= 11 is 0. The maximum Gasteiger partial charge on any atom is 0.279 e. The zero-order valence-electron chi connectivity index (χ0n) is 9.46. The first kappa shape index (κ1) is 13.9. The number of aliphatic hydroxyl groups excluding tert-OH is 2. The third-order valence-corrected chi connectivity index (χ3v) is 4.37. The maximum atomic E-state index is 11.7. The summed E-state index contributed by atoms with van der Waals surface area (Å²) in [6, 6.07) is 0. The first-order valence-corrected chi connectivity index (χ1v) is 6.93. The number of hydrogen-bond acceptors (Lipinski definition) is 4. The van der Waals surface area contributed by atoms with E-state index in [1.165, 1.54) is 4.31 Å². The van der Waals surface area contributed by atoms with Crippen LogP contribution in [0.25, 0.3) is 0 Å². The molecule has 0 spiro atoms. The van der Waals surface area contributed by atoms with Crippen molar-refractivity contribution in [1.29, 1.82) is 0 Å². The number of piperidine rings is 1. The highest BCUT2D eigenvalue weighted by Gasteiger charge is 2.26. The van der Waals surface area contributed by atoms with E-state index in [-0.39, 0.29) is 6.54 Å². The van der Waals surface area contributed by atoms with Crippen LogP contribution in [-0.2, 0) is 10.2 Å². The van der Waals surface area contributed by atoms with Gasteiger partial charge in [0.1, 0.15) is 0 Å². The minimum atomic E-state index is -3.50. The lowest BCUT2D eigenvalue weighted by Gasteiger charge is -2.29. The number of hydrogen-bond donors (Lipinski definition) is 3. The molecule has 1 aliphatic rings. The predicted octanol–water partition coefficient (Wildman–Crippen LogP) is -1.09. The van der Waals surface area contributed by atoms with E-state index < -0.39 is 22.9 Å². The number of nitrogens with zero attached hydrogens (tertiary/aromatic N) is 1. The molecule has 6 nitrogen and oxygen atoms in total. The quantitative estimate of drug-likeness (QED) is 0.580. The molecule has 1 unspecified atom stereocenters. The van der Waals surface area contributed by atoms with Crippen molar-refractivity contribution in [3.8, 4) is 0 Å². The van der Waals surface area contributed by atoms with Gasteiger partial charge in [0.25, 0.3) is 10.2 Å². The van der Waals surface area contributed by atoms with Crippen LogP contribution < -0.4 is 4.72 Å². The summed E-state index contributed by atoms with van der Waals surface area (Å²) in [5, 5.41) is 17.6. The molecule has 7 heteroatoms. The van der Waals surface area contributed by atoms with Gasteiger partial charge in [0.05, 0.1) is 12.7 Å². The molecular formula is C9H20N2O4S. The van der Waals surface area contributed by atoms with Crippen molar-refractivity contribution in [1.82, 2.24) is 9.03 Å². The van der Waals surface area contributed by atoms with Crippen LogP contribution in [-0.4, -0.2) is 55.3 Å². The average molecular weight is 252 g/mol. The van der Waals surface area contributed by atoms with Crippen molar-refractivity contribution in [2.75, 3.05) is 26.2 Å². The third kappa shape index (κ3) is 3.99. The molecule has 1 heterocycles. The van der Waals surface area contributed by atoms with E-state index >= 15 is 0 Å². The van der Waals surface area contributed by atoms with Crippen molar-refractivity contribution in [2.24, 2.45) is 5.92 Å². The van der Waals surface area contributed by atoms with Crippen LogP contribution in [0.5, 0.6) is 0 Å². The molecule has 0 aromatic carbocycles. The van der Waals surface area contributed by atoms with E-state index in [1.54, 1.807) is 0 Å². The molecule has 1 fully saturated rings. The van der Waals surface area contributed by atoms with Crippen molar-refractivity contribution in [3.05, 3.63) is 0 Å². The maximum absolute atomic E-state index is 11.7. The first-order valence-electron chi connectivity index (χ1n) is 5.49. The van der Waals surface area contributed by atoms with E-state index in [0.29, 0.717) is 19.0 Å². The van der Waals surface area contributed by atoms with Gasteiger partial charge in [-0.2, -0.15) is 17.4 Å². The van der Waals surface area contributed by atoms with Crippen molar-refractivity contribution >= 4 is 10.2 Å². The van der Waals surface area contributed by atoms with E-state index in [9.17, 15) is 8.42 Å². The summed E-state index contributed by atoms with van der Waals surface area (Å²) in [5.41, 5.74) is 0. The van der Waals surface area contributed by atoms with Gasteiger partial charge in [-0.05, 0) is 18.8 Å². The standard InChI is InChI=1S/C9H20N2O4S/c1-8-2-4-11(5-3-8)16(14,15)10-6-9(13)7-12/h8-10,12-13H,2-7H2,1H3. The Bertz CT molecular complexity index is 299. The van der Waals surface area contributed by atoms with E-state index in [2.05, 4.69) is 11.6 Å². The molecule has 0 aliphatic carbocycles. The van der Waals surface area contributed by atoms with Crippen LogP contribution >= 0.6 is 0 Å². The summed E-state index contributed by atoms with van der Waals surface area (Å²) in [4.78, 5) is 0. The molecule has 0 radical (unpaired) electrons. The Kier molecular flexibility index (Phi) is 5.13. The highest BCUT2D eigenvalue weighted by atomic mass is 32.2. The zero-order chi connectivity index (χ0) is 12.2. The monoisotopic (exact) mass is 252 g/mol. The predicted molar refractivity (Wildman–Crippen MR) is 60.0 cm³/mol. The number of nitrogens with one attached hydrogen (secondary N) is 1. The van der Waals surface area contributed by atoms with Crippen molar-refractivity contribution in [3.63, 3.8) is 0 Å². The van der Waals surface area contributed by atoms with Gasteiger partial charge in [-0.3, -0.25) is 0 Å². The minimum Gasteiger partial charge on any atom is -0.394 e. The fourth-order valence-electron chi connectivity index (χ4n) is 1.58. The molecule has 1 saturated heterocycles. The van der Waals surface area contributed by atoms with Crippen LogP contribution in [0.15, 0.2) is 0 Å². The Hall–Kier alpha value is -0.210. The molecule has 0 amide bonds. The van der Waals surface area contributed by atoms with E-state index in [1.807, 2.05) is 0 Å². The molecular weight excluding hydrogens is 232 g/mol. The average Bonchev–Trinajstić information content (AvgIpc) is 2.26. The van der Waals surface area contributed by atoms with Crippen LogP contribution in [0, 0.1) is 5.92 Å². The Balaban J connectivity index is 2.44. The summed E-state index contributed by atoms with van der Waals surface area (Å²) in [6.07, 6.45) is 0.686. The Morgan fingerprint density at radius 2 is 2.00 bits per heavy atom. The molecule has 16 heavy (non-hydrogen) atoms. The SMILES string of the molecule is CC1CCN(S(=O)(=O)NCC(O)CO)CC1. The molecule has 1 aliphatic heterocycles. The molecule has 0 aromatic heterocycles. The largest absolute Gasteiger partial charge is 0.394 e. The van der Waals surface area contributed by atoms with Crippen molar-refractivity contribution in [2.45, 2.75) is 25.9 Å². The van der Waals surface area contributed by atoms with Crippen LogP contribution in [0.2, 0.25) is 0 Å². The van der Waals surface area contributed by atoms with Gasteiger partial charge in [-0.25, -0.2) is 0 Å². The second-order valence-corrected chi connectivity index (χ2v) is 6.03. The van der Waals surface area contributed by atoms with Crippen LogP contribution in [0.3, 0.4) is 0 Å². The molecule has 0 bridgehead atoms. The number of rotatable bonds is 5. The van der Waals surface area contributed by atoms with E-state index in [4.69, 9.17) is 10.2 Å². The number of aliphatic hydroxyl groups is 2. The second kappa shape index (κ2) is 5.92. The van der Waals surface area contributed by atoms with Gasteiger partial charge in [-0.15, -0.1) is 0 Å². The Morgan fingerprint density at radius 1 is 1.44 bits per heavy atom. The van der Waals surface area contributed by atoms with Crippen LogP contribution in [0.1, 0.15) is 19.8 Å². The minimum absolute atomic E-state index is 0.148. The van der Waals surface area contributed by atoms with Gasteiger partial charge in [0.2, 0.25) is 0 Å². The van der Waals surface area contributed by atoms with Crippen LogP contribution in [0.4, 0.5) is 0 Å². The lowest BCUT2D eigenvalue weighted by Crippen LogP contribution is -2.47. The van der Waals surface area contributed by atoms with Gasteiger partial charge in [0, 0.05) is 19.6 Å². The Morgan fingerprint density at radius 3 is 2.50 bits per heavy atom. The highest BCUT2D eigenvalue weighted by molar-refractivity contribution is 7.87. The zero-order valence-corrected chi connectivity index (χ0v) is 10.3. The summed E-state index contributed by atoms with van der Waals surface area (Å²) in [6.45, 7) is 2.55. The molecule has 96 valence electrons. The lowest BCUT2D eigenvalue weighted by molar-refractivity contribution is 0.0983. The summed E-state index contributed by atoms with van der Waals surface area (Å²) in [7, 11) is -3.50. The van der Waals surface area contributed by atoms with Gasteiger partial charge in [-0.1, -0.05) is 6.92 Å². The fourth-order valence-corrected chi connectivity index (χ4v) is 2.86. The molecule has 3 N–H and O–H groups in total. The normalized spacial score (nSPS) is 22.2. The fraction of sp³-hybridized carbons (Fsp3) is 1.00. The summed E-state index contributed by atoms with van der Waals surface area (Å²) < 4.78 is 27.1. The molecule has 1 atom stereocenters. The molecule has 0 aromatic rings. The summed E-state index contributed by atoms with van der Waals surface area (Å²) in [5.74, 6) is 0.564. The highest BCUT2D eigenvalue weighted by Crippen LogP contribution is 2.17.